The number of sulfonamides is 1. The van der Waals surface area contributed by atoms with Crippen LogP contribution in [0.25, 0.3) is 0 Å². The molecule has 0 amide bonds. The molecule has 0 aliphatic heterocycles. The summed E-state index contributed by atoms with van der Waals surface area (Å²) in [6.45, 7) is 0.445. The van der Waals surface area contributed by atoms with Crippen molar-refractivity contribution < 1.29 is 12.8 Å². The standard InChI is InChI=1S/C10H14FNO2S2/c1-12(7-8-15-2)16(13,14)10-5-3-9(11)4-6-10/h3-6H,7-8H2,1-2H3. The molecule has 0 heterocycles. The first-order valence-electron chi connectivity index (χ1n) is 4.69. The van der Waals surface area contributed by atoms with E-state index in [1.54, 1.807) is 11.8 Å². The van der Waals surface area contributed by atoms with Gasteiger partial charge in [0.1, 0.15) is 5.82 Å². The second kappa shape index (κ2) is 5.65. The minimum Gasteiger partial charge on any atom is -0.207 e. The third-order valence-electron chi connectivity index (χ3n) is 2.13. The molecule has 0 aromatic heterocycles. The Morgan fingerprint density at radius 1 is 1.31 bits per heavy atom. The van der Waals surface area contributed by atoms with E-state index in [0.29, 0.717) is 6.54 Å². The maximum absolute atomic E-state index is 12.7. The van der Waals surface area contributed by atoms with Crippen LogP contribution in [0.1, 0.15) is 0 Å². The van der Waals surface area contributed by atoms with Gasteiger partial charge in [0.2, 0.25) is 10.0 Å². The van der Waals surface area contributed by atoms with Crippen LogP contribution < -0.4 is 0 Å². The van der Waals surface area contributed by atoms with Gasteiger partial charge in [0.05, 0.1) is 4.90 Å². The number of halogens is 1. The fourth-order valence-electron chi connectivity index (χ4n) is 1.13. The summed E-state index contributed by atoms with van der Waals surface area (Å²) >= 11 is 1.58. The van der Waals surface area contributed by atoms with E-state index in [0.717, 1.165) is 17.9 Å². The molecule has 0 aliphatic rings. The molecular weight excluding hydrogens is 249 g/mol. The summed E-state index contributed by atoms with van der Waals surface area (Å²) in [7, 11) is -1.95. The van der Waals surface area contributed by atoms with Crippen molar-refractivity contribution in [3.8, 4) is 0 Å². The highest BCUT2D eigenvalue weighted by Crippen LogP contribution is 2.14. The lowest BCUT2D eigenvalue weighted by atomic mass is 10.4. The monoisotopic (exact) mass is 263 g/mol. The lowest BCUT2D eigenvalue weighted by Crippen LogP contribution is -2.29. The van der Waals surface area contributed by atoms with E-state index in [9.17, 15) is 12.8 Å². The zero-order chi connectivity index (χ0) is 12.2. The van der Waals surface area contributed by atoms with Crippen molar-refractivity contribution in [2.45, 2.75) is 4.90 Å². The number of nitrogens with zero attached hydrogens (tertiary/aromatic N) is 1. The largest absolute Gasteiger partial charge is 0.242 e. The molecule has 1 aromatic carbocycles. The molecule has 0 aliphatic carbocycles. The highest BCUT2D eigenvalue weighted by Gasteiger charge is 2.19. The number of rotatable bonds is 5. The average Bonchev–Trinajstić information content (AvgIpc) is 2.26. The van der Waals surface area contributed by atoms with Gasteiger partial charge in [-0.05, 0) is 30.5 Å². The molecule has 1 aromatic rings. The Hall–Kier alpha value is -0.590. The van der Waals surface area contributed by atoms with E-state index in [4.69, 9.17) is 0 Å². The number of benzene rings is 1. The van der Waals surface area contributed by atoms with Gasteiger partial charge in [0.15, 0.2) is 0 Å². The highest BCUT2D eigenvalue weighted by molar-refractivity contribution is 7.98. The lowest BCUT2D eigenvalue weighted by Gasteiger charge is -2.16. The van der Waals surface area contributed by atoms with Crippen molar-refractivity contribution in [1.82, 2.24) is 4.31 Å². The first-order chi connectivity index (χ1) is 7.48. The van der Waals surface area contributed by atoms with E-state index in [1.807, 2.05) is 6.26 Å². The van der Waals surface area contributed by atoms with E-state index in [1.165, 1.54) is 23.5 Å². The van der Waals surface area contributed by atoms with E-state index >= 15 is 0 Å². The predicted molar refractivity (Wildman–Crippen MR) is 64.6 cm³/mol. The summed E-state index contributed by atoms with van der Waals surface area (Å²) in [5.74, 6) is 0.294. The third kappa shape index (κ3) is 3.20. The van der Waals surface area contributed by atoms with Gasteiger partial charge in [0.25, 0.3) is 0 Å². The summed E-state index contributed by atoms with van der Waals surface area (Å²) in [5, 5.41) is 0. The van der Waals surface area contributed by atoms with Crippen LogP contribution in [0.3, 0.4) is 0 Å². The molecule has 0 radical (unpaired) electrons. The summed E-state index contributed by atoms with van der Waals surface area (Å²) in [4.78, 5) is 0.123. The Kier molecular flexibility index (Phi) is 4.76. The highest BCUT2D eigenvalue weighted by atomic mass is 32.2. The van der Waals surface area contributed by atoms with Crippen LogP contribution in [0.15, 0.2) is 29.2 Å². The van der Waals surface area contributed by atoms with Crippen molar-refractivity contribution in [3.05, 3.63) is 30.1 Å². The van der Waals surface area contributed by atoms with Crippen molar-refractivity contribution >= 4 is 21.8 Å². The first-order valence-corrected chi connectivity index (χ1v) is 7.52. The fourth-order valence-corrected chi connectivity index (χ4v) is 2.87. The third-order valence-corrected chi connectivity index (χ3v) is 4.59. The van der Waals surface area contributed by atoms with Gasteiger partial charge >= 0.3 is 0 Å². The Balaban J connectivity index is 2.89. The van der Waals surface area contributed by atoms with Crippen LogP contribution in [0, 0.1) is 5.82 Å². The van der Waals surface area contributed by atoms with Crippen LogP contribution in [0.2, 0.25) is 0 Å². The molecular formula is C10H14FNO2S2. The van der Waals surface area contributed by atoms with Crippen molar-refractivity contribution in [3.63, 3.8) is 0 Å². The van der Waals surface area contributed by atoms with Gasteiger partial charge in [-0.2, -0.15) is 11.8 Å². The summed E-state index contributed by atoms with van der Waals surface area (Å²) in [6.07, 6.45) is 1.92. The molecule has 6 heteroatoms. The minimum atomic E-state index is -3.47. The maximum atomic E-state index is 12.7. The normalized spacial score (nSPS) is 12.0. The van der Waals surface area contributed by atoms with Crippen LogP contribution in [-0.2, 0) is 10.0 Å². The zero-order valence-electron chi connectivity index (χ0n) is 9.18. The lowest BCUT2D eigenvalue weighted by molar-refractivity contribution is 0.488. The predicted octanol–water partition coefficient (Wildman–Crippen LogP) is 1.81. The zero-order valence-corrected chi connectivity index (χ0v) is 10.8. The van der Waals surface area contributed by atoms with Crippen LogP contribution in [0.5, 0.6) is 0 Å². The molecule has 1 rings (SSSR count). The van der Waals surface area contributed by atoms with Gasteiger partial charge in [0, 0.05) is 19.3 Å². The Labute approximate surface area is 99.7 Å². The Bertz CT molecular complexity index is 431. The molecule has 0 unspecified atom stereocenters. The second-order valence-electron chi connectivity index (χ2n) is 3.27. The Morgan fingerprint density at radius 3 is 2.38 bits per heavy atom. The number of thioether (sulfide) groups is 1. The molecule has 0 spiro atoms. The number of hydrogen-bond acceptors (Lipinski definition) is 3. The minimum absolute atomic E-state index is 0.123. The maximum Gasteiger partial charge on any atom is 0.242 e. The van der Waals surface area contributed by atoms with E-state index < -0.39 is 15.8 Å². The van der Waals surface area contributed by atoms with Gasteiger partial charge < -0.3 is 0 Å². The van der Waals surface area contributed by atoms with Crippen LogP contribution >= 0.6 is 11.8 Å². The molecule has 3 nitrogen and oxygen atoms in total. The molecule has 0 fully saturated rings. The van der Waals surface area contributed by atoms with Gasteiger partial charge in [-0.15, -0.1) is 0 Å². The molecule has 0 saturated carbocycles. The SMILES string of the molecule is CSCCN(C)S(=O)(=O)c1ccc(F)cc1. The van der Waals surface area contributed by atoms with Gasteiger partial charge in [-0.3, -0.25) is 0 Å². The molecule has 90 valence electrons. The average molecular weight is 263 g/mol. The van der Waals surface area contributed by atoms with Crippen LogP contribution in [-0.4, -0.2) is 38.3 Å². The first kappa shape index (κ1) is 13.5. The van der Waals surface area contributed by atoms with E-state index in [-0.39, 0.29) is 4.90 Å². The summed E-state index contributed by atoms with van der Waals surface area (Å²) in [6, 6.07) is 4.85. The molecule has 0 saturated heterocycles. The summed E-state index contributed by atoms with van der Waals surface area (Å²) < 4.78 is 37.8. The van der Waals surface area contributed by atoms with Crippen molar-refractivity contribution in [2.75, 3.05) is 25.6 Å². The van der Waals surface area contributed by atoms with Crippen molar-refractivity contribution in [1.29, 1.82) is 0 Å². The quantitative estimate of drug-likeness (QED) is 0.813. The second-order valence-corrected chi connectivity index (χ2v) is 6.30. The topological polar surface area (TPSA) is 37.4 Å². The van der Waals surface area contributed by atoms with Gasteiger partial charge in [-0.25, -0.2) is 17.1 Å². The summed E-state index contributed by atoms with van der Waals surface area (Å²) in [5.41, 5.74) is 0. The smallest absolute Gasteiger partial charge is 0.207 e. The molecule has 0 atom stereocenters. The van der Waals surface area contributed by atoms with Gasteiger partial charge in [-0.1, -0.05) is 0 Å². The fraction of sp³-hybridized carbons (Fsp3) is 0.400. The van der Waals surface area contributed by atoms with E-state index in [2.05, 4.69) is 0 Å². The van der Waals surface area contributed by atoms with Crippen LogP contribution in [0.4, 0.5) is 4.39 Å². The van der Waals surface area contributed by atoms with Crippen molar-refractivity contribution in [2.24, 2.45) is 0 Å². The molecule has 0 bridgehead atoms. The Morgan fingerprint density at radius 2 is 1.88 bits per heavy atom. The number of hydrogen-bond donors (Lipinski definition) is 0. The molecule has 0 N–H and O–H groups in total. The molecule has 16 heavy (non-hydrogen) atoms.